The monoisotopic (exact) mass is 569 g/mol. The summed E-state index contributed by atoms with van der Waals surface area (Å²) in [5.74, 6) is 0.431. The molecule has 220 valence electrons. The molecule has 1 unspecified atom stereocenters. The lowest BCUT2D eigenvalue weighted by atomic mass is 9.90. The molecule has 0 aliphatic carbocycles. The molecule has 3 aromatic rings. The van der Waals surface area contributed by atoms with Crippen molar-refractivity contribution < 1.29 is 18.7 Å². The Bertz CT molecular complexity index is 1460. The summed E-state index contributed by atoms with van der Waals surface area (Å²) in [7, 11) is 0. The fourth-order valence-electron chi connectivity index (χ4n) is 5.98. The zero-order valence-corrected chi connectivity index (χ0v) is 24.5. The normalized spacial score (nSPS) is 18.0. The Labute approximate surface area is 248 Å². The van der Waals surface area contributed by atoms with E-state index in [-0.39, 0.29) is 29.6 Å². The smallest absolute Gasteiger partial charge is 0.266 e. The molecule has 7 heteroatoms. The number of nitrogens with zero attached hydrogens (tertiary/aromatic N) is 2. The third-order valence-electron chi connectivity index (χ3n) is 8.41. The van der Waals surface area contributed by atoms with E-state index in [9.17, 15) is 14.0 Å². The lowest BCUT2D eigenvalue weighted by Gasteiger charge is -2.36. The van der Waals surface area contributed by atoms with Crippen LogP contribution in [0.5, 0.6) is 5.75 Å². The molecule has 0 saturated carbocycles. The Kier molecular flexibility index (Phi) is 8.78. The second-order valence-corrected chi connectivity index (χ2v) is 11.9. The van der Waals surface area contributed by atoms with E-state index in [0.29, 0.717) is 43.1 Å². The molecule has 2 saturated heterocycles. The molecule has 2 aliphatic heterocycles. The number of nitrogens with two attached hydrogens (primary N) is 1. The number of halogens is 1. The van der Waals surface area contributed by atoms with Crippen molar-refractivity contribution in [1.82, 2.24) is 9.80 Å². The Balaban J connectivity index is 1.27. The van der Waals surface area contributed by atoms with Gasteiger partial charge in [0.05, 0.1) is 0 Å². The van der Waals surface area contributed by atoms with E-state index in [4.69, 9.17) is 10.5 Å². The first kappa shape index (κ1) is 29.5. The Morgan fingerprint density at radius 3 is 2.45 bits per heavy atom. The van der Waals surface area contributed by atoms with Gasteiger partial charge in [0, 0.05) is 49.3 Å². The van der Waals surface area contributed by atoms with Crippen LogP contribution in [0.3, 0.4) is 0 Å². The van der Waals surface area contributed by atoms with Crippen LogP contribution in [0.2, 0.25) is 0 Å². The number of carbonyl (C=O) groups excluding carboxylic acids is 2. The lowest BCUT2D eigenvalue weighted by Crippen LogP contribution is -2.52. The van der Waals surface area contributed by atoms with Crippen molar-refractivity contribution in [3.8, 4) is 16.9 Å². The number of hydrogen-bond acceptors (Lipinski definition) is 4. The molecular weight excluding hydrogens is 529 g/mol. The second kappa shape index (κ2) is 12.5. The zero-order valence-electron chi connectivity index (χ0n) is 24.5. The molecule has 5 rings (SSSR count). The highest BCUT2D eigenvalue weighted by molar-refractivity contribution is 5.95. The molecule has 42 heavy (non-hydrogen) atoms. The molecule has 3 aromatic carbocycles. The highest BCUT2D eigenvalue weighted by Gasteiger charge is 2.36. The third kappa shape index (κ3) is 6.57. The van der Waals surface area contributed by atoms with Crippen molar-refractivity contribution >= 4 is 17.9 Å². The van der Waals surface area contributed by atoms with E-state index in [2.05, 4.69) is 12.6 Å². The maximum Gasteiger partial charge on any atom is 0.266 e. The average Bonchev–Trinajstić information content (AvgIpc) is 3.01. The number of likely N-dealkylation sites (tertiary alicyclic amines) is 2. The van der Waals surface area contributed by atoms with E-state index < -0.39 is 5.60 Å². The van der Waals surface area contributed by atoms with Crippen molar-refractivity contribution in [3.05, 3.63) is 95.8 Å². The largest absolute Gasteiger partial charge is 0.478 e. The highest BCUT2D eigenvalue weighted by atomic mass is 19.1. The first-order valence-corrected chi connectivity index (χ1v) is 14.8. The van der Waals surface area contributed by atoms with Crippen molar-refractivity contribution in [2.24, 2.45) is 5.73 Å². The van der Waals surface area contributed by atoms with Crippen molar-refractivity contribution in [1.29, 1.82) is 0 Å². The maximum absolute atomic E-state index is 14.0. The van der Waals surface area contributed by atoms with Crippen molar-refractivity contribution in [3.63, 3.8) is 0 Å². The van der Waals surface area contributed by atoms with Gasteiger partial charge < -0.3 is 20.3 Å². The van der Waals surface area contributed by atoms with E-state index in [1.165, 1.54) is 12.1 Å². The van der Waals surface area contributed by atoms with Gasteiger partial charge in [-0.2, -0.15) is 0 Å². The zero-order chi connectivity index (χ0) is 29.9. The molecule has 0 aromatic heterocycles. The predicted molar refractivity (Wildman–Crippen MR) is 165 cm³/mol. The van der Waals surface area contributed by atoms with Gasteiger partial charge in [-0.05, 0) is 92.6 Å². The summed E-state index contributed by atoms with van der Waals surface area (Å²) in [5, 5.41) is 0. The predicted octanol–water partition coefficient (Wildman–Crippen LogP) is 6.26. The summed E-state index contributed by atoms with van der Waals surface area (Å²) in [5.41, 5.74) is 8.82. The Morgan fingerprint density at radius 2 is 1.69 bits per heavy atom. The fourth-order valence-corrected chi connectivity index (χ4v) is 5.98. The van der Waals surface area contributed by atoms with E-state index in [0.717, 1.165) is 42.4 Å². The minimum absolute atomic E-state index is 0.0204. The number of rotatable bonds is 7. The Morgan fingerprint density at radius 1 is 0.952 bits per heavy atom. The molecule has 2 N–H and O–H groups in total. The number of amides is 2. The molecule has 1 atom stereocenters. The molecule has 0 spiro atoms. The van der Waals surface area contributed by atoms with Gasteiger partial charge in [0.1, 0.15) is 11.6 Å². The van der Waals surface area contributed by atoms with Gasteiger partial charge in [0.15, 0.2) is 5.60 Å². The van der Waals surface area contributed by atoms with Gasteiger partial charge in [-0.15, -0.1) is 0 Å². The molecule has 6 nitrogen and oxygen atoms in total. The van der Waals surface area contributed by atoms with Crippen LogP contribution in [0.4, 0.5) is 4.39 Å². The standard InChI is InChI=1S/C35H40FN3O3/c1-4-24-20-27(13-14-32(24)36)25-8-5-10-28(21-25)33(40)39-17-7-11-29(23-39)26-9-6-12-31(22-26)42-35(2,3)34(41)38-18-15-30(37)16-19-38/h4-6,8-10,12-14,20-22,29-30H,1,7,11,15-19,23,37H2,2-3H3. The summed E-state index contributed by atoms with van der Waals surface area (Å²) in [4.78, 5) is 30.6. The number of benzene rings is 3. The van der Waals surface area contributed by atoms with Crippen molar-refractivity contribution in [2.45, 2.75) is 57.1 Å². The summed E-state index contributed by atoms with van der Waals surface area (Å²) >= 11 is 0. The van der Waals surface area contributed by atoms with Crippen LogP contribution >= 0.6 is 0 Å². The number of piperidine rings is 2. The molecule has 2 aliphatic rings. The average molecular weight is 570 g/mol. The van der Waals surface area contributed by atoms with Crippen LogP contribution in [0.1, 0.15) is 66.9 Å². The van der Waals surface area contributed by atoms with Crippen LogP contribution in [-0.2, 0) is 4.79 Å². The van der Waals surface area contributed by atoms with Crippen LogP contribution in [0.25, 0.3) is 17.2 Å². The van der Waals surface area contributed by atoms with Gasteiger partial charge in [0.25, 0.3) is 11.8 Å². The number of ether oxygens (including phenoxy) is 1. The first-order valence-electron chi connectivity index (χ1n) is 14.8. The summed E-state index contributed by atoms with van der Waals surface area (Å²) in [6.07, 6.45) is 4.96. The lowest BCUT2D eigenvalue weighted by molar-refractivity contribution is -0.146. The summed E-state index contributed by atoms with van der Waals surface area (Å²) in [6.45, 7) is 9.91. The summed E-state index contributed by atoms with van der Waals surface area (Å²) < 4.78 is 20.2. The molecule has 0 bridgehead atoms. The minimum atomic E-state index is -1.00. The van der Waals surface area contributed by atoms with Gasteiger partial charge >= 0.3 is 0 Å². The van der Waals surface area contributed by atoms with Crippen LogP contribution in [0, 0.1) is 5.82 Å². The van der Waals surface area contributed by atoms with Gasteiger partial charge in [-0.3, -0.25) is 9.59 Å². The molecular formula is C35H40FN3O3. The third-order valence-corrected chi connectivity index (χ3v) is 8.41. The number of carbonyl (C=O) groups is 2. The van der Waals surface area contributed by atoms with E-state index >= 15 is 0 Å². The van der Waals surface area contributed by atoms with E-state index in [1.807, 2.05) is 66.1 Å². The fraction of sp³-hybridized carbons (Fsp3) is 0.371. The molecule has 2 fully saturated rings. The number of hydrogen-bond donors (Lipinski definition) is 1. The first-order chi connectivity index (χ1) is 20.1. The van der Waals surface area contributed by atoms with Gasteiger partial charge in [0.2, 0.25) is 0 Å². The molecule has 2 heterocycles. The molecule has 0 radical (unpaired) electrons. The van der Waals surface area contributed by atoms with Crippen molar-refractivity contribution in [2.75, 3.05) is 26.2 Å². The van der Waals surface area contributed by atoms with Crippen LogP contribution in [-0.4, -0.2) is 59.4 Å². The molecule has 2 amide bonds. The quantitative estimate of drug-likeness (QED) is 0.364. The summed E-state index contributed by atoms with van der Waals surface area (Å²) in [6, 6.07) is 20.4. The second-order valence-electron chi connectivity index (χ2n) is 11.9. The van der Waals surface area contributed by atoms with Crippen LogP contribution < -0.4 is 10.5 Å². The SMILES string of the molecule is C=Cc1cc(-c2cccc(C(=O)N3CCCC(c4cccc(OC(C)(C)C(=O)N5CCC(N)CC5)c4)C3)c2)ccc1F. The highest BCUT2D eigenvalue weighted by Crippen LogP contribution is 2.32. The van der Waals surface area contributed by atoms with Gasteiger partial charge in [-0.1, -0.05) is 43.0 Å². The topological polar surface area (TPSA) is 75.9 Å². The Hall–Kier alpha value is -3.97. The van der Waals surface area contributed by atoms with Crippen LogP contribution in [0.15, 0.2) is 73.3 Å². The van der Waals surface area contributed by atoms with E-state index in [1.54, 1.807) is 12.1 Å². The maximum atomic E-state index is 14.0. The van der Waals surface area contributed by atoms with Gasteiger partial charge in [-0.25, -0.2) is 4.39 Å². The minimum Gasteiger partial charge on any atom is -0.478 e.